The number of piperidine rings is 1. The lowest BCUT2D eigenvalue weighted by Crippen LogP contribution is -2.39. The number of hydrogen-bond acceptors (Lipinski definition) is 3. The van der Waals surface area contributed by atoms with E-state index in [0.717, 1.165) is 53.7 Å². The zero-order chi connectivity index (χ0) is 21.3. The molecule has 0 bridgehead atoms. The van der Waals surface area contributed by atoms with Crippen LogP contribution >= 0.6 is 0 Å². The highest BCUT2D eigenvalue weighted by molar-refractivity contribution is 5.99. The molecule has 0 spiro atoms. The van der Waals surface area contributed by atoms with Crippen LogP contribution in [-0.4, -0.2) is 42.7 Å². The van der Waals surface area contributed by atoms with Gasteiger partial charge in [0.2, 0.25) is 0 Å². The van der Waals surface area contributed by atoms with Crippen molar-refractivity contribution < 1.29 is 14.6 Å². The first kappa shape index (κ1) is 20.4. The first-order valence-electron chi connectivity index (χ1n) is 10.7. The minimum absolute atomic E-state index is 0.0874. The summed E-state index contributed by atoms with van der Waals surface area (Å²) in [5, 5.41) is 12.3. The Kier molecular flexibility index (Phi) is 5.78. The van der Waals surface area contributed by atoms with Crippen LogP contribution < -0.4 is 4.74 Å². The van der Waals surface area contributed by atoms with Gasteiger partial charge >= 0.3 is 5.97 Å². The lowest BCUT2D eigenvalue weighted by molar-refractivity contribution is 0.0693. The normalized spacial score (nSPS) is 19.7. The molecular formula is C26H29NO3. The number of rotatable bonds is 5. The summed E-state index contributed by atoms with van der Waals surface area (Å²) in [5.74, 6) is 0.333. The second-order valence-electron chi connectivity index (χ2n) is 8.13. The number of aryl methyl sites for hydroxylation is 1. The molecule has 30 heavy (non-hydrogen) atoms. The number of carboxylic acid groups (broad SMARTS) is 1. The van der Waals surface area contributed by atoms with Crippen molar-refractivity contribution in [3.8, 4) is 5.75 Å². The molecule has 1 heterocycles. The van der Waals surface area contributed by atoms with Crippen molar-refractivity contribution in [1.29, 1.82) is 0 Å². The first-order valence-corrected chi connectivity index (χ1v) is 10.7. The van der Waals surface area contributed by atoms with Gasteiger partial charge in [0.05, 0.1) is 12.7 Å². The molecule has 0 aliphatic carbocycles. The largest absolute Gasteiger partial charge is 0.496 e. The van der Waals surface area contributed by atoms with Crippen molar-refractivity contribution in [1.82, 2.24) is 4.90 Å². The van der Waals surface area contributed by atoms with Gasteiger partial charge in [0, 0.05) is 12.5 Å². The molecular weight excluding hydrogens is 374 g/mol. The maximum absolute atomic E-state index is 12.4. The fraction of sp³-hybridized carbons (Fsp3) is 0.346. The molecule has 0 amide bonds. The van der Waals surface area contributed by atoms with Crippen LogP contribution in [0.5, 0.6) is 5.75 Å². The van der Waals surface area contributed by atoms with E-state index < -0.39 is 5.97 Å². The summed E-state index contributed by atoms with van der Waals surface area (Å²) in [7, 11) is 1.71. The van der Waals surface area contributed by atoms with E-state index >= 15 is 0 Å². The van der Waals surface area contributed by atoms with Crippen LogP contribution in [0.15, 0.2) is 54.6 Å². The molecule has 4 rings (SSSR count). The number of hydrogen-bond donors (Lipinski definition) is 1. The van der Waals surface area contributed by atoms with E-state index in [2.05, 4.69) is 30.0 Å². The molecule has 1 aliphatic heterocycles. The van der Waals surface area contributed by atoms with Gasteiger partial charge < -0.3 is 14.7 Å². The van der Waals surface area contributed by atoms with Crippen LogP contribution in [0.1, 0.15) is 52.2 Å². The van der Waals surface area contributed by atoms with Crippen LogP contribution in [-0.2, 0) is 0 Å². The number of ether oxygens (including phenoxy) is 1. The summed E-state index contributed by atoms with van der Waals surface area (Å²) in [6.07, 6.45) is 0.976. The minimum atomic E-state index is -0.847. The molecule has 1 aliphatic rings. The van der Waals surface area contributed by atoms with Crippen molar-refractivity contribution in [3.63, 3.8) is 0 Å². The topological polar surface area (TPSA) is 49.8 Å². The van der Waals surface area contributed by atoms with Gasteiger partial charge in [-0.1, -0.05) is 49.4 Å². The number of aromatic carboxylic acids is 1. The summed E-state index contributed by atoms with van der Waals surface area (Å²) in [6.45, 7) is 6.92. The third-order valence-corrected chi connectivity index (χ3v) is 6.64. The Morgan fingerprint density at radius 1 is 1.10 bits per heavy atom. The van der Waals surface area contributed by atoms with Gasteiger partial charge in [0.25, 0.3) is 0 Å². The Labute approximate surface area is 178 Å². The van der Waals surface area contributed by atoms with Gasteiger partial charge in [0.1, 0.15) is 5.75 Å². The summed E-state index contributed by atoms with van der Waals surface area (Å²) in [4.78, 5) is 14.8. The minimum Gasteiger partial charge on any atom is -0.496 e. The van der Waals surface area contributed by atoms with Crippen molar-refractivity contribution >= 4 is 16.7 Å². The number of benzene rings is 3. The standard InChI is InChI=1S/C26H29NO3/c1-4-27-14-13-20(21-11-7-8-12-24(21)30-3)23(16-27)22-15-18-9-5-6-10-19(18)17(2)25(22)26(28)29/h5-12,15,20,23H,4,13-14,16H2,1-3H3,(H,28,29). The number of likely N-dealkylation sites (N-methyl/N-ethyl adjacent to an activating group) is 1. The van der Waals surface area contributed by atoms with Gasteiger partial charge in [-0.3, -0.25) is 0 Å². The van der Waals surface area contributed by atoms with Crippen LogP contribution in [0.25, 0.3) is 10.8 Å². The van der Waals surface area contributed by atoms with Crippen LogP contribution in [0.3, 0.4) is 0 Å². The summed E-state index contributed by atoms with van der Waals surface area (Å²) >= 11 is 0. The third-order valence-electron chi connectivity index (χ3n) is 6.64. The highest BCUT2D eigenvalue weighted by Gasteiger charge is 2.35. The van der Waals surface area contributed by atoms with Crippen LogP contribution in [0, 0.1) is 6.92 Å². The molecule has 0 aromatic heterocycles. The predicted octanol–water partition coefficient (Wildman–Crippen LogP) is 5.45. The lowest BCUT2D eigenvalue weighted by Gasteiger charge is -2.40. The second-order valence-corrected chi connectivity index (χ2v) is 8.13. The molecule has 1 saturated heterocycles. The summed E-state index contributed by atoms with van der Waals surface area (Å²) in [5.41, 5.74) is 3.41. The number of carbonyl (C=O) groups is 1. The SMILES string of the molecule is CCN1CCC(c2ccccc2OC)C(c2cc3ccccc3c(C)c2C(=O)O)C1. The Balaban J connectivity index is 1.93. The number of nitrogens with zero attached hydrogens (tertiary/aromatic N) is 1. The van der Waals surface area contributed by atoms with E-state index in [-0.39, 0.29) is 11.8 Å². The molecule has 156 valence electrons. The Hall–Kier alpha value is -2.85. The Morgan fingerprint density at radius 3 is 2.57 bits per heavy atom. The van der Waals surface area contributed by atoms with Gasteiger partial charge in [-0.25, -0.2) is 4.79 Å². The van der Waals surface area contributed by atoms with Crippen LogP contribution in [0.4, 0.5) is 0 Å². The van der Waals surface area contributed by atoms with E-state index in [4.69, 9.17) is 4.74 Å². The maximum atomic E-state index is 12.4. The fourth-order valence-electron chi connectivity index (χ4n) is 5.10. The van der Waals surface area contributed by atoms with Crippen molar-refractivity contribution in [2.75, 3.05) is 26.7 Å². The van der Waals surface area contributed by atoms with Gasteiger partial charge in [-0.2, -0.15) is 0 Å². The highest BCUT2D eigenvalue weighted by atomic mass is 16.5. The number of methoxy groups -OCH3 is 1. The highest BCUT2D eigenvalue weighted by Crippen LogP contribution is 2.45. The molecule has 3 aromatic carbocycles. The molecule has 0 saturated carbocycles. The summed E-state index contributed by atoms with van der Waals surface area (Å²) < 4.78 is 5.68. The quantitative estimate of drug-likeness (QED) is 0.616. The number of likely N-dealkylation sites (tertiary alicyclic amines) is 1. The zero-order valence-electron chi connectivity index (χ0n) is 17.9. The van der Waals surface area contributed by atoms with Gasteiger partial charge in [0.15, 0.2) is 0 Å². The molecule has 4 nitrogen and oxygen atoms in total. The third kappa shape index (κ3) is 3.56. The van der Waals surface area contributed by atoms with E-state index in [9.17, 15) is 9.90 Å². The first-order chi connectivity index (χ1) is 14.5. The molecule has 0 radical (unpaired) electrons. The van der Waals surface area contributed by atoms with Crippen LogP contribution in [0.2, 0.25) is 0 Å². The van der Waals surface area contributed by atoms with Crippen molar-refractivity contribution in [3.05, 3.63) is 76.9 Å². The fourth-order valence-corrected chi connectivity index (χ4v) is 5.10. The average Bonchev–Trinajstić information content (AvgIpc) is 2.78. The van der Waals surface area contributed by atoms with Gasteiger partial charge in [-0.05, 0) is 71.9 Å². The Bertz CT molecular complexity index is 1080. The molecule has 3 aromatic rings. The average molecular weight is 404 g/mol. The predicted molar refractivity (Wildman–Crippen MR) is 121 cm³/mol. The van der Waals surface area contributed by atoms with E-state index in [0.29, 0.717) is 5.56 Å². The summed E-state index contributed by atoms with van der Waals surface area (Å²) in [6, 6.07) is 18.4. The van der Waals surface area contributed by atoms with E-state index in [1.54, 1.807) is 7.11 Å². The molecule has 2 atom stereocenters. The van der Waals surface area contributed by atoms with E-state index in [1.165, 1.54) is 5.56 Å². The molecule has 2 unspecified atom stereocenters. The van der Waals surface area contributed by atoms with E-state index in [1.807, 2.05) is 43.3 Å². The molecule has 1 N–H and O–H groups in total. The van der Waals surface area contributed by atoms with Crippen molar-refractivity contribution in [2.24, 2.45) is 0 Å². The molecule has 1 fully saturated rings. The Morgan fingerprint density at radius 2 is 1.83 bits per heavy atom. The number of para-hydroxylation sites is 1. The lowest BCUT2D eigenvalue weighted by atomic mass is 9.74. The number of fused-ring (bicyclic) bond motifs is 1. The van der Waals surface area contributed by atoms with Gasteiger partial charge in [-0.15, -0.1) is 0 Å². The monoisotopic (exact) mass is 403 g/mol. The second kappa shape index (κ2) is 8.49. The molecule has 4 heteroatoms. The number of carboxylic acids is 1. The zero-order valence-corrected chi connectivity index (χ0v) is 17.9. The van der Waals surface area contributed by atoms with Crippen molar-refractivity contribution in [2.45, 2.75) is 32.1 Å². The maximum Gasteiger partial charge on any atom is 0.336 e. The smallest absolute Gasteiger partial charge is 0.336 e.